The number of amides is 2. The van der Waals surface area contributed by atoms with Gasteiger partial charge in [0.05, 0.1) is 5.75 Å². The van der Waals surface area contributed by atoms with Crippen molar-refractivity contribution in [2.24, 2.45) is 0 Å². The molecule has 2 aromatic rings. The number of hydrogen-bond acceptors (Lipinski definition) is 3. The van der Waals surface area contributed by atoms with Crippen LogP contribution in [0, 0.1) is 6.92 Å². The number of nitrogens with zero attached hydrogens (tertiary/aromatic N) is 1. The number of rotatable bonds is 12. The topological polar surface area (TPSA) is 49.4 Å². The molecule has 1 atom stereocenters. The zero-order valence-electron chi connectivity index (χ0n) is 18.7. The molecule has 168 valence electrons. The first-order chi connectivity index (χ1) is 14.9. The molecule has 2 amide bonds. The van der Waals surface area contributed by atoms with Crippen molar-refractivity contribution in [1.29, 1.82) is 0 Å². The number of unbranched alkanes of at least 4 members (excludes halogenated alkanes) is 1. The van der Waals surface area contributed by atoms with Crippen molar-refractivity contribution in [3.8, 4) is 0 Å². The molecule has 0 heterocycles. The number of carbonyl (C=O) groups is 2. The third kappa shape index (κ3) is 8.58. The predicted octanol–water partition coefficient (Wildman–Crippen LogP) is 5.61. The van der Waals surface area contributed by atoms with Gasteiger partial charge in [-0.15, -0.1) is 11.8 Å². The quantitative estimate of drug-likeness (QED) is 0.419. The summed E-state index contributed by atoms with van der Waals surface area (Å²) in [5.74, 6) is 0.920. The normalized spacial score (nSPS) is 11.7. The van der Waals surface area contributed by atoms with Crippen molar-refractivity contribution in [1.82, 2.24) is 10.2 Å². The zero-order chi connectivity index (χ0) is 22.6. The van der Waals surface area contributed by atoms with Crippen LogP contribution in [0.4, 0.5) is 0 Å². The van der Waals surface area contributed by atoms with Crippen molar-refractivity contribution in [2.45, 2.75) is 58.4 Å². The molecule has 0 aliphatic rings. The van der Waals surface area contributed by atoms with Crippen molar-refractivity contribution in [2.75, 3.05) is 12.3 Å². The van der Waals surface area contributed by atoms with E-state index in [-0.39, 0.29) is 11.8 Å². The third-order valence-electron chi connectivity index (χ3n) is 5.03. The van der Waals surface area contributed by atoms with Crippen molar-refractivity contribution in [3.05, 3.63) is 70.2 Å². The van der Waals surface area contributed by atoms with Gasteiger partial charge in [0.15, 0.2) is 0 Å². The highest BCUT2D eigenvalue weighted by molar-refractivity contribution is 7.99. The van der Waals surface area contributed by atoms with Crippen LogP contribution in [0.5, 0.6) is 0 Å². The zero-order valence-corrected chi connectivity index (χ0v) is 20.3. The molecule has 4 nitrogen and oxygen atoms in total. The molecule has 0 fully saturated rings. The van der Waals surface area contributed by atoms with E-state index in [2.05, 4.69) is 18.3 Å². The van der Waals surface area contributed by atoms with Gasteiger partial charge in [-0.1, -0.05) is 73.8 Å². The molecule has 0 aromatic heterocycles. The average Bonchev–Trinajstić information content (AvgIpc) is 2.74. The van der Waals surface area contributed by atoms with Crippen LogP contribution in [-0.2, 0) is 21.9 Å². The molecule has 6 heteroatoms. The highest BCUT2D eigenvalue weighted by Crippen LogP contribution is 2.19. The van der Waals surface area contributed by atoms with Gasteiger partial charge in [-0.05, 0) is 43.0 Å². The molecule has 31 heavy (non-hydrogen) atoms. The molecule has 2 rings (SSSR count). The molecule has 1 N–H and O–H groups in total. The fourth-order valence-electron chi connectivity index (χ4n) is 3.40. The molecule has 2 aromatic carbocycles. The van der Waals surface area contributed by atoms with E-state index in [1.165, 1.54) is 0 Å². The maximum atomic E-state index is 13.2. The van der Waals surface area contributed by atoms with Gasteiger partial charge in [0, 0.05) is 23.9 Å². The van der Waals surface area contributed by atoms with Crippen LogP contribution in [0.1, 0.15) is 49.8 Å². The summed E-state index contributed by atoms with van der Waals surface area (Å²) >= 11 is 7.60. The van der Waals surface area contributed by atoms with E-state index < -0.39 is 6.04 Å². The van der Waals surface area contributed by atoms with Gasteiger partial charge in [0.25, 0.3) is 0 Å². The smallest absolute Gasteiger partial charge is 0.242 e. The van der Waals surface area contributed by atoms with Crippen LogP contribution >= 0.6 is 23.4 Å². The summed E-state index contributed by atoms with van der Waals surface area (Å²) in [6.45, 7) is 7.15. The minimum Gasteiger partial charge on any atom is -0.354 e. The molecule has 0 bridgehead atoms. The molecule has 0 saturated carbocycles. The van der Waals surface area contributed by atoms with Crippen LogP contribution < -0.4 is 5.32 Å². The maximum Gasteiger partial charge on any atom is 0.242 e. The first-order valence-electron chi connectivity index (χ1n) is 10.9. The van der Waals surface area contributed by atoms with Crippen LogP contribution in [0.25, 0.3) is 0 Å². The molecule has 0 saturated heterocycles. The standard InChI is InChI=1S/C25H33ClN2O2S/c1-4-6-13-27-25(30)23(5-2)28(16-20-10-7-9-19(3)14-20)24(29)18-31-17-21-11-8-12-22(26)15-21/h7-12,14-15,23H,4-6,13,16-18H2,1-3H3,(H,27,30)/t23-/m1/s1. The first kappa shape index (κ1) is 25.3. The lowest BCUT2D eigenvalue weighted by atomic mass is 10.1. The number of nitrogens with one attached hydrogen (secondary N) is 1. The third-order valence-corrected chi connectivity index (χ3v) is 6.26. The van der Waals surface area contributed by atoms with E-state index in [9.17, 15) is 9.59 Å². The van der Waals surface area contributed by atoms with Gasteiger partial charge in [0.1, 0.15) is 6.04 Å². The van der Waals surface area contributed by atoms with E-state index in [0.29, 0.717) is 36.0 Å². The van der Waals surface area contributed by atoms with E-state index in [4.69, 9.17) is 11.6 Å². The average molecular weight is 461 g/mol. The summed E-state index contributed by atoms with van der Waals surface area (Å²) in [6, 6.07) is 15.3. The SMILES string of the molecule is CCCCNC(=O)[C@@H](CC)N(Cc1cccc(C)c1)C(=O)CSCc1cccc(Cl)c1. The van der Waals surface area contributed by atoms with Crippen molar-refractivity contribution in [3.63, 3.8) is 0 Å². The summed E-state index contributed by atoms with van der Waals surface area (Å²) in [6.07, 6.45) is 2.53. The molecule has 0 aliphatic carbocycles. The lowest BCUT2D eigenvalue weighted by molar-refractivity contribution is -0.139. The summed E-state index contributed by atoms with van der Waals surface area (Å²) in [5, 5.41) is 3.70. The Morgan fingerprint density at radius 3 is 2.52 bits per heavy atom. The Kier molecular flexibility index (Phi) is 11.0. The Morgan fingerprint density at radius 1 is 1.10 bits per heavy atom. The van der Waals surface area contributed by atoms with Crippen molar-refractivity contribution >= 4 is 35.2 Å². The number of aryl methyl sites for hydroxylation is 1. The fraction of sp³-hybridized carbons (Fsp3) is 0.440. The summed E-state index contributed by atoms with van der Waals surface area (Å²) in [4.78, 5) is 27.8. The van der Waals surface area contributed by atoms with Crippen LogP contribution in [-0.4, -0.2) is 35.1 Å². The summed E-state index contributed by atoms with van der Waals surface area (Å²) in [7, 11) is 0. The highest BCUT2D eigenvalue weighted by Gasteiger charge is 2.28. The second kappa shape index (κ2) is 13.4. The number of halogens is 1. The number of hydrogen-bond donors (Lipinski definition) is 1. The molecule has 0 spiro atoms. The Morgan fingerprint density at radius 2 is 1.84 bits per heavy atom. The summed E-state index contributed by atoms with van der Waals surface area (Å²) in [5.41, 5.74) is 3.26. The molecular weight excluding hydrogens is 428 g/mol. The molecule has 0 radical (unpaired) electrons. The lowest BCUT2D eigenvalue weighted by Gasteiger charge is -2.30. The predicted molar refractivity (Wildman–Crippen MR) is 131 cm³/mol. The van der Waals surface area contributed by atoms with E-state index in [1.54, 1.807) is 16.7 Å². The second-order valence-corrected chi connectivity index (χ2v) is 9.12. The van der Waals surface area contributed by atoms with Gasteiger partial charge in [-0.2, -0.15) is 0 Å². The van der Waals surface area contributed by atoms with Gasteiger partial charge >= 0.3 is 0 Å². The Bertz CT molecular complexity index is 859. The minimum atomic E-state index is -0.475. The maximum absolute atomic E-state index is 13.2. The Balaban J connectivity index is 2.10. The van der Waals surface area contributed by atoms with E-state index in [0.717, 1.165) is 29.5 Å². The summed E-state index contributed by atoms with van der Waals surface area (Å²) < 4.78 is 0. The number of thioether (sulfide) groups is 1. The van der Waals surface area contributed by atoms with Crippen LogP contribution in [0.2, 0.25) is 5.02 Å². The fourth-order valence-corrected chi connectivity index (χ4v) is 4.47. The minimum absolute atomic E-state index is 0.0222. The molecular formula is C25H33ClN2O2S. The monoisotopic (exact) mass is 460 g/mol. The largest absolute Gasteiger partial charge is 0.354 e. The van der Waals surface area contributed by atoms with Gasteiger partial charge in [-0.3, -0.25) is 9.59 Å². The van der Waals surface area contributed by atoms with Crippen molar-refractivity contribution < 1.29 is 9.59 Å². The highest BCUT2D eigenvalue weighted by atomic mass is 35.5. The van der Waals surface area contributed by atoms with Crippen LogP contribution in [0.3, 0.4) is 0 Å². The van der Waals surface area contributed by atoms with E-state index in [1.807, 2.05) is 56.3 Å². The Hall–Kier alpha value is -1.98. The van der Waals surface area contributed by atoms with Gasteiger partial charge < -0.3 is 10.2 Å². The number of benzene rings is 2. The number of carbonyl (C=O) groups excluding carboxylic acids is 2. The molecule has 0 unspecified atom stereocenters. The second-order valence-electron chi connectivity index (χ2n) is 7.70. The lowest BCUT2D eigenvalue weighted by Crippen LogP contribution is -2.49. The van der Waals surface area contributed by atoms with E-state index >= 15 is 0 Å². The van der Waals surface area contributed by atoms with Gasteiger partial charge in [0.2, 0.25) is 11.8 Å². The molecule has 0 aliphatic heterocycles. The van der Waals surface area contributed by atoms with Crippen LogP contribution in [0.15, 0.2) is 48.5 Å². The first-order valence-corrected chi connectivity index (χ1v) is 12.4. The van der Waals surface area contributed by atoms with Gasteiger partial charge in [-0.25, -0.2) is 0 Å². The Labute approximate surface area is 195 Å².